The zero-order chi connectivity index (χ0) is 24.7. The summed E-state index contributed by atoms with van der Waals surface area (Å²) in [6.45, 7) is 11.8. The van der Waals surface area contributed by atoms with Crippen LogP contribution in [0.25, 0.3) is 11.1 Å². The molecular weight excluding hydrogens is 426 g/mol. The first-order chi connectivity index (χ1) is 16.4. The molecule has 2 aromatic carbocycles. The summed E-state index contributed by atoms with van der Waals surface area (Å²) < 4.78 is 7.29. The maximum Gasteiger partial charge on any atom is 0.252 e. The third-order valence-electron chi connectivity index (χ3n) is 6.00. The number of benzene rings is 2. The minimum atomic E-state index is -0.185. The van der Waals surface area contributed by atoms with Crippen molar-refractivity contribution in [3.8, 4) is 16.9 Å². The van der Waals surface area contributed by atoms with E-state index in [0.717, 1.165) is 59.9 Å². The van der Waals surface area contributed by atoms with Crippen LogP contribution >= 0.6 is 0 Å². The Kier molecular flexibility index (Phi) is 8.71. The van der Waals surface area contributed by atoms with Crippen molar-refractivity contribution in [1.29, 1.82) is 0 Å². The van der Waals surface area contributed by atoms with Gasteiger partial charge in [0.1, 0.15) is 5.75 Å². The van der Waals surface area contributed by atoms with Gasteiger partial charge in [-0.05, 0) is 60.9 Å². The number of ether oxygens (including phenoxy) is 1. The van der Waals surface area contributed by atoms with Gasteiger partial charge in [0.15, 0.2) is 0 Å². The lowest BCUT2D eigenvalue weighted by Crippen LogP contribution is -2.43. The maximum atomic E-state index is 13.2. The van der Waals surface area contributed by atoms with Crippen molar-refractivity contribution in [1.82, 2.24) is 20.4 Å². The van der Waals surface area contributed by atoms with E-state index in [1.807, 2.05) is 71.4 Å². The van der Waals surface area contributed by atoms with Gasteiger partial charge in [0.05, 0.1) is 19.3 Å². The Bertz CT molecular complexity index is 1100. The highest BCUT2D eigenvalue weighted by Crippen LogP contribution is 2.29. The zero-order valence-corrected chi connectivity index (χ0v) is 21.2. The quantitative estimate of drug-likeness (QED) is 0.569. The first kappa shape index (κ1) is 25.3. The fraction of sp³-hybridized carbons (Fsp3) is 0.407. The van der Waals surface area contributed by atoms with Crippen molar-refractivity contribution in [2.45, 2.75) is 33.7 Å². The average Bonchev–Trinajstić information content (AvgIpc) is 3.32. The monoisotopic (exact) mass is 463 g/mol. The Labute approximate surface area is 203 Å². The van der Waals surface area contributed by atoms with E-state index in [0.29, 0.717) is 5.56 Å². The second kappa shape index (κ2) is 11.7. The highest BCUT2D eigenvalue weighted by Gasteiger charge is 2.18. The maximum absolute atomic E-state index is 13.2. The zero-order valence-electron chi connectivity index (χ0n) is 21.2. The standard InChI is InChI=1S/C25H31N5O2.C2H6/c1-17-5-6-22(30-9-7-26-8-10-30)14-24(17)25(31)28-18(2)19-11-20(13-23(12-19)32-4)21-15-27-29(3)16-21;1-2/h5-6,11-16,18,26H,7-10H2,1-4H3,(H,28,31);1-2H3. The number of carbonyl (C=O) groups excluding carboxylic acids is 1. The third kappa shape index (κ3) is 5.97. The van der Waals surface area contributed by atoms with Crippen LogP contribution in [0.3, 0.4) is 0 Å². The normalized spacial score (nSPS) is 14.1. The van der Waals surface area contributed by atoms with Crippen molar-refractivity contribution in [2.75, 3.05) is 38.2 Å². The minimum absolute atomic E-state index is 0.0715. The van der Waals surface area contributed by atoms with Crippen LogP contribution in [0, 0.1) is 6.92 Å². The SMILES string of the molecule is CC.COc1cc(-c2cnn(C)c2)cc(C(C)NC(=O)c2cc(N3CCNCC3)ccc2C)c1. The molecule has 0 saturated carbocycles. The highest BCUT2D eigenvalue weighted by atomic mass is 16.5. The van der Waals surface area contributed by atoms with E-state index < -0.39 is 0 Å². The molecule has 1 atom stereocenters. The fourth-order valence-corrected chi connectivity index (χ4v) is 4.06. The van der Waals surface area contributed by atoms with E-state index in [2.05, 4.69) is 32.8 Å². The molecule has 1 aliphatic rings. The van der Waals surface area contributed by atoms with Crippen LogP contribution in [-0.4, -0.2) is 49.0 Å². The summed E-state index contributed by atoms with van der Waals surface area (Å²) in [5, 5.41) is 10.8. The summed E-state index contributed by atoms with van der Waals surface area (Å²) in [6.07, 6.45) is 3.79. The number of nitrogens with zero attached hydrogens (tertiary/aromatic N) is 3. The number of hydrogen-bond donors (Lipinski definition) is 2. The van der Waals surface area contributed by atoms with E-state index in [1.165, 1.54) is 0 Å². The number of aryl methyl sites for hydroxylation is 2. The molecule has 2 heterocycles. The van der Waals surface area contributed by atoms with Gasteiger partial charge in [0.2, 0.25) is 0 Å². The van der Waals surface area contributed by atoms with Gasteiger partial charge in [-0.1, -0.05) is 19.9 Å². The molecule has 1 unspecified atom stereocenters. The van der Waals surface area contributed by atoms with Crippen molar-refractivity contribution in [3.63, 3.8) is 0 Å². The van der Waals surface area contributed by atoms with Crippen molar-refractivity contribution in [3.05, 3.63) is 65.5 Å². The van der Waals surface area contributed by atoms with Crippen molar-refractivity contribution < 1.29 is 9.53 Å². The number of aromatic nitrogens is 2. The first-order valence-electron chi connectivity index (χ1n) is 12.0. The van der Waals surface area contributed by atoms with Crippen LogP contribution in [0.15, 0.2) is 48.8 Å². The molecule has 1 aliphatic heterocycles. The Hall–Kier alpha value is -3.32. The summed E-state index contributed by atoms with van der Waals surface area (Å²) in [5.41, 5.74) is 5.76. The van der Waals surface area contributed by atoms with Gasteiger partial charge in [-0.15, -0.1) is 0 Å². The predicted molar refractivity (Wildman–Crippen MR) is 139 cm³/mol. The van der Waals surface area contributed by atoms with Crippen molar-refractivity contribution in [2.24, 2.45) is 7.05 Å². The second-order valence-electron chi connectivity index (χ2n) is 8.33. The number of carbonyl (C=O) groups is 1. The first-order valence-corrected chi connectivity index (χ1v) is 12.0. The molecule has 34 heavy (non-hydrogen) atoms. The molecule has 0 spiro atoms. The molecule has 0 radical (unpaired) electrons. The summed E-state index contributed by atoms with van der Waals surface area (Å²) in [5.74, 6) is 0.678. The smallest absolute Gasteiger partial charge is 0.252 e. The molecule has 1 aromatic heterocycles. The molecule has 0 aliphatic carbocycles. The van der Waals surface area contributed by atoms with Crippen molar-refractivity contribution >= 4 is 11.6 Å². The Balaban J connectivity index is 0.00000158. The van der Waals surface area contributed by atoms with Crippen LogP contribution in [0.4, 0.5) is 5.69 Å². The van der Waals surface area contributed by atoms with E-state index in [1.54, 1.807) is 11.8 Å². The summed E-state index contributed by atoms with van der Waals surface area (Å²) in [4.78, 5) is 15.5. The number of anilines is 1. The van der Waals surface area contributed by atoms with E-state index in [4.69, 9.17) is 4.74 Å². The minimum Gasteiger partial charge on any atom is -0.497 e. The van der Waals surface area contributed by atoms with E-state index in [-0.39, 0.29) is 11.9 Å². The second-order valence-corrected chi connectivity index (χ2v) is 8.33. The summed E-state index contributed by atoms with van der Waals surface area (Å²) >= 11 is 0. The number of nitrogens with one attached hydrogen (secondary N) is 2. The molecule has 2 N–H and O–H groups in total. The highest BCUT2D eigenvalue weighted by molar-refractivity contribution is 5.97. The van der Waals surface area contributed by atoms with Gasteiger partial charge in [0.25, 0.3) is 5.91 Å². The number of amides is 1. The fourth-order valence-electron chi connectivity index (χ4n) is 4.06. The lowest BCUT2D eigenvalue weighted by Gasteiger charge is -2.30. The Morgan fingerprint density at radius 2 is 1.85 bits per heavy atom. The van der Waals surface area contributed by atoms with Gasteiger partial charge in [-0.25, -0.2) is 0 Å². The largest absolute Gasteiger partial charge is 0.497 e. The van der Waals surface area contributed by atoms with Gasteiger partial charge in [-0.3, -0.25) is 9.48 Å². The summed E-state index contributed by atoms with van der Waals surface area (Å²) in [7, 11) is 3.55. The lowest BCUT2D eigenvalue weighted by atomic mass is 10.0. The Morgan fingerprint density at radius 1 is 1.12 bits per heavy atom. The molecule has 0 bridgehead atoms. The number of hydrogen-bond acceptors (Lipinski definition) is 5. The van der Waals surface area contributed by atoms with Gasteiger partial charge in [-0.2, -0.15) is 5.10 Å². The number of rotatable bonds is 6. The molecule has 3 aromatic rings. The van der Waals surface area contributed by atoms with Crippen LogP contribution < -0.4 is 20.3 Å². The molecule has 7 heteroatoms. The van der Waals surface area contributed by atoms with E-state index in [9.17, 15) is 4.79 Å². The molecule has 182 valence electrons. The average molecular weight is 464 g/mol. The summed E-state index contributed by atoms with van der Waals surface area (Å²) in [6, 6.07) is 12.0. The van der Waals surface area contributed by atoms with Gasteiger partial charge >= 0.3 is 0 Å². The van der Waals surface area contributed by atoms with Gasteiger partial charge < -0.3 is 20.3 Å². The molecule has 4 rings (SSSR count). The van der Waals surface area contributed by atoms with Crippen LogP contribution in [0.2, 0.25) is 0 Å². The molecular formula is C27H37N5O2. The van der Waals surface area contributed by atoms with Crippen LogP contribution in [0.1, 0.15) is 48.3 Å². The van der Waals surface area contributed by atoms with Crippen LogP contribution in [-0.2, 0) is 7.05 Å². The molecule has 1 amide bonds. The predicted octanol–water partition coefficient (Wildman–Crippen LogP) is 4.33. The lowest BCUT2D eigenvalue weighted by molar-refractivity contribution is 0.0939. The molecule has 7 nitrogen and oxygen atoms in total. The Morgan fingerprint density at radius 3 is 2.50 bits per heavy atom. The number of methoxy groups -OCH3 is 1. The molecule has 1 saturated heterocycles. The molecule has 1 fully saturated rings. The third-order valence-corrected chi connectivity index (χ3v) is 6.00. The van der Waals surface area contributed by atoms with Crippen LogP contribution in [0.5, 0.6) is 5.75 Å². The van der Waals surface area contributed by atoms with E-state index >= 15 is 0 Å². The van der Waals surface area contributed by atoms with Gasteiger partial charge in [0, 0.05) is 56.2 Å². The number of piperazine rings is 1. The topological polar surface area (TPSA) is 71.4 Å².